The summed E-state index contributed by atoms with van der Waals surface area (Å²) in [4.78, 5) is 0. The quantitative estimate of drug-likeness (QED) is 0.865. The molecule has 0 unspecified atom stereocenters. The third-order valence-electron chi connectivity index (χ3n) is 2.50. The smallest absolute Gasteiger partial charge is 0.455 e. The van der Waals surface area contributed by atoms with Crippen molar-refractivity contribution in [2.24, 2.45) is 5.73 Å². The van der Waals surface area contributed by atoms with Gasteiger partial charge in [0.05, 0.1) is 14.2 Å². The Bertz CT molecular complexity index is 425. The molecule has 0 amide bonds. The van der Waals surface area contributed by atoms with Crippen LogP contribution in [0.5, 0.6) is 11.5 Å². The molecule has 1 atom stereocenters. The van der Waals surface area contributed by atoms with Crippen molar-refractivity contribution in [3.63, 3.8) is 0 Å². The van der Waals surface area contributed by atoms with Crippen molar-refractivity contribution in [2.45, 2.75) is 18.1 Å². The summed E-state index contributed by atoms with van der Waals surface area (Å²) < 4.78 is 72.6. The molecule has 0 aliphatic rings. The van der Waals surface area contributed by atoms with E-state index in [9.17, 15) is 22.0 Å². The van der Waals surface area contributed by atoms with Crippen molar-refractivity contribution in [3.8, 4) is 11.5 Å². The molecule has 0 aromatic heterocycles. The Labute approximate surface area is 106 Å². The Morgan fingerprint density at radius 1 is 0.947 bits per heavy atom. The predicted molar refractivity (Wildman–Crippen MR) is 57.5 cm³/mol. The van der Waals surface area contributed by atoms with Gasteiger partial charge in [-0.2, -0.15) is 22.0 Å². The zero-order valence-electron chi connectivity index (χ0n) is 10.1. The van der Waals surface area contributed by atoms with Crippen molar-refractivity contribution in [2.75, 3.05) is 14.2 Å². The summed E-state index contributed by atoms with van der Waals surface area (Å²) in [6.45, 7) is 0. The molecule has 1 rings (SSSR count). The molecular weight excluding hydrogens is 273 g/mol. The number of hydrogen-bond donors (Lipinski definition) is 1. The fourth-order valence-corrected chi connectivity index (χ4v) is 1.39. The normalized spacial score (nSPS) is 14.1. The number of halogens is 5. The van der Waals surface area contributed by atoms with Gasteiger partial charge in [-0.3, -0.25) is 0 Å². The molecule has 0 bridgehead atoms. The van der Waals surface area contributed by atoms with Gasteiger partial charge in [-0.25, -0.2) is 0 Å². The monoisotopic (exact) mass is 285 g/mol. The molecule has 19 heavy (non-hydrogen) atoms. The van der Waals surface area contributed by atoms with Gasteiger partial charge in [-0.15, -0.1) is 0 Å². The van der Waals surface area contributed by atoms with E-state index in [1.165, 1.54) is 20.3 Å². The van der Waals surface area contributed by atoms with Crippen LogP contribution in [0.4, 0.5) is 22.0 Å². The molecule has 2 N–H and O–H groups in total. The van der Waals surface area contributed by atoms with E-state index in [1.54, 1.807) is 0 Å². The van der Waals surface area contributed by atoms with E-state index in [0.29, 0.717) is 0 Å². The number of rotatable bonds is 4. The van der Waals surface area contributed by atoms with Crippen molar-refractivity contribution >= 4 is 0 Å². The number of alkyl halides is 5. The lowest BCUT2D eigenvalue weighted by Crippen LogP contribution is -2.45. The zero-order chi connectivity index (χ0) is 14.8. The van der Waals surface area contributed by atoms with Crippen LogP contribution in [-0.2, 0) is 0 Å². The minimum atomic E-state index is -5.73. The summed E-state index contributed by atoms with van der Waals surface area (Å²) in [5.41, 5.74) is 4.59. The van der Waals surface area contributed by atoms with E-state index >= 15 is 0 Å². The second-order valence-corrected chi connectivity index (χ2v) is 3.74. The molecule has 108 valence electrons. The Kier molecular flexibility index (Phi) is 4.24. The topological polar surface area (TPSA) is 44.5 Å². The third-order valence-corrected chi connectivity index (χ3v) is 2.50. The molecule has 8 heteroatoms. The first-order valence-corrected chi connectivity index (χ1v) is 5.06. The Morgan fingerprint density at radius 2 is 1.37 bits per heavy atom. The van der Waals surface area contributed by atoms with E-state index < -0.39 is 23.7 Å². The Hall–Kier alpha value is -1.57. The largest absolute Gasteiger partial charge is 0.497 e. The van der Waals surface area contributed by atoms with Crippen LogP contribution >= 0.6 is 0 Å². The van der Waals surface area contributed by atoms with Gasteiger partial charge < -0.3 is 15.2 Å². The number of nitrogens with two attached hydrogens (primary N) is 1. The second-order valence-electron chi connectivity index (χ2n) is 3.74. The standard InChI is InChI=1S/C11H12F5NO2/c1-18-7-3-6(4-8(5-7)19-2)9(17)10(12,13)11(14,15)16/h3-5,9H,17H2,1-2H3/t9-/m0/s1. The molecule has 0 saturated heterocycles. The van der Waals surface area contributed by atoms with Crippen LogP contribution in [0.1, 0.15) is 11.6 Å². The van der Waals surface area contributed by atoms with E-state index in [0.717, 1.165) is 12.1 Å². The van der Waals surface area contributed by atoms with Crippen molar-refractivity contribution in [3.05, 3.63) is 23.8 Å². The van der Waals surface area contributed by atoms with E-state index in [-0.39, 0.29) is 11.5 Å². The number of ether oxygens (including phenoxy) is 2. The van der Waals surface area contributed by atoms with E-state index in [1.807, 2.05) is 0 Å². The first kappa shape index (κ1) is 15.5. The maximum Gasteiger partial charge on any atom is 0.455 e. The van der Waals surface area contributed by atoms with E-state index in [4.69, 9.17) is 15.2 Å². The summed E-state index contributed by atoms with van der Waals surface area (Å²) in [5, 5.41) is 0. The summed E-state index contributed by atoms with van der Waals surface area (Å²) in [5.74, 6) is -4.91. The molecule has 0 spiro atoms. The average Bonchev–Trinajstić information content (AvgIpc) is 2.35. The molecule has 0 saturated carbocycles. The van der Waals surface area contributed by atoms with Crippen molar-refractivity contribution in [1.82, 2.24) is 0 Å². The van der Waals surface area contributed by atoms with Gasteiger partial charge in [-0.1, -0.05) is 0 Å². The number of methoxy groups -OCH3 is 2. The van der Waals surface area contributed by atoms with Crippen LogP contribution in [0.25, 0.3) is 0 Å². The summed E-state index contributed by atoms with van der Waals surface area (Å²) in [6.07, 6.45) is -5.73. The molecule has 0 aliphatic carbocycles. The highest BCUT2D eigenvalue weighted by Crippen LogP contribution is 2.44. The maximum atomic E-state index is 13.1. The summed E-state index contributed by atoms with van der Waals surface area (Å²) >= 11 is 0. The van der Waals surface area contributed by atoms with Crippen molar-refractivity contribution in [1.29, 1.82) is 0 Å². The van der Waals surface area contributed by atoms with Crippen LogP contribution in [0.2, 0.25) is 0 Å². The Morgan fingerprint density at radius 3 is 1.68 bits per heavy atom. The highest BCUT2D eigenvalue weighted by Gasteiger charge is 2.61. The Balaban J connectivity index is 3.22. The summed E-state index contributed by atoms with van der Waals surface area (Å²) in [7, 11) is 2.48. The molecule has 3 nitrogen and oxygen atoms in total. The van der Waals surface area contributed by atoms with Crippen LogP contribution in [0.15, 0.2) is 18.2 Å². The van der Waals surface area contributed by atoms with Gasteiger partial charge >= 0.3 is 12.1 Å². The minimum Gasteiger partial charge on any atom is -0.497 e. The average molecular weight is 285 g/mol. The predicted octanol–water partition coefficient (Wildman–Crippen LogP) is 2.90. The van der Waals surface area contributed by atoms with Crippen LogP contribution in [0.3, 0.4) is 0 Å². The van der Waals surface area contributed by atoms with Crippen LogP contribution < -0.4 is 15.2 Å². The highest BCUT2D eigenvalue weighted by atomic mass is 19.4. The lowest BCUT2D eigenvalue weighted by molar-refractivity contribution is -0.291. The summed E-state index contributed by atoms with van der Waals surface area (Å²) in [6, 6.07) is 0.804. The SMILES string of the molecule is COc1cc(OC)cc([C@H](N)C(F)(F)C(F)(F)F)c1. The van der Waals surface area contributed by atoms with Gasteiger partial charge in [0.1, 0.15) is 17.5 Å². The fraction of sp³-hybridized carbons (Fsp3) is 0.455. The molecular formula is C11H12F5NO2. The number of benzene rings is 1. The third kappa shape index (κ3) is 3.06. The van der Waals surface area contributed by atoms with Gasteiger partial charge in [0, 0.05) is 6.07 Å². The molecule has 1 aromatic rings. The highest BCUT2D eigenvalue weighted by molar-refractivity contribution is 5.40. The van der Waals surface area contributed by atoms with Crippen LogP contribution in [0, 0.1) is 0 Å². The van der Waals surface area contributed by atoms with Crippen LogP contribution in [-0.4, -0.2) is 26.3 Å². The first-order chi connectivity index (χ1) is 8.63. The van der Waals surface area contributed by atoms with Gasteiger partial charge in [0.25, 0.3) is 0 Å². The molecule has 1 aromatic carbocycles. The van der Waals surface area contributed by atoms with Gasteiger partial charge in [0.2, 0.25) is 0 Å². The molecule has 0 radical (unpaired) electrons. The molecule has 0 fully saturated rings. The van der Waals surface area contributed by atoms with Gasteiger partial charge in [-0.05, 0) is 17.7 Å². The zero-order valence-corrected chi connectivity index (χ0v) is 10.1. The van der Waals surface area contributed by atoms with Gasteiger partial charge in [0.15, 0.2) is 0 Å². The number of hydrogen-bond acceptors (Lipinski definition) is 3. The second kappa shape index (κ2) is 5.20. The van der Waals surface area contributed by atoms with Crippen molar-refractivity contribution < 1.29 is 31.4 Å². The minimum absolute atomic E-state index is 0.0720. The van der Waals surface area contributed by atoms with E-state index in [2.05, 4.69) is 0 Å². The fourth-order valence-electron chi connectivity index (χ4n) is 1.39. The first-order valence-electron chi connectivity index (χ1n) is 5.06. The lowest BCUT2D eigenvalue weighted by atomic mass is 10.0. The maximum absolute atomic E-state index is 13.1. The molecule has 0 heterocycles. The lowest BCUT2D eigenvalue weighted by Gasteiger charge is -2.26. The molecule has 0 aliphatic heterocycles.